The van der Waals surface area contributed by atoms with Crippen LogP contribution in [0.25, 0.3) is 17.0 Å². The molecule has 4 rings (SSSR count). The Morgan fingerprint density at radius 3 is 2.12 bits per heavy atom. The molecular weight excluding hydrogens is 452 g/mol. The van der Waals surface area contributed by atoms with Crippen LogP contribution in [0.3, 0.4) is 0 Å². The van der Waals surface area contributed by atoms with Gasteiger partial charge in [0.2, 0.25) is 0 Å². The molecule has 8 heteroatoms. The average Bonchev–Trinajstić information content (AvgIpc) is 3.24. The number of halogens is 1. The zero-order valence-corrected chi connectivity index (χ0v) is 20.9. The zero-order chi connectivity index (χ0) is 24.9. The van der Waals surface area contributed by atoms with Crippen LogP contribution in [0.4, 0.5) is 0 Å². The Hall–Kier alpha value is -3.45. The molecular formula is C26H28ClN4O3+. The second-order valence-corrected chi connectivity index (χ2v) is 9.62. The lowest BCUT2D eigenvalue weighted by atomic mass is 9.98. The summed E-state index contributed by atoms with van der Waals surface area (Å²) in [5.74, 6) is -0.996. The molecule has 176 valence electrons. The fourth-order valence-corrected chi connectivity index (χ4v) is 4.30. The number of carbonyl (C=O) groups excluding carboxylic acids is 2. The van der Waals surface area contributed by atoms with Crippen LogP contribution in [0.2, 0.25) is 5.02 Å². The van der Waals surface area contributed by atoms with Crippen LogP contribution in [0, 0.1) is 13.8 Å². The number of rotatable bonds is 5. The molecule has 0 saturated heterocycles. The number of hydrogen-bond acceptors (Lipinski definition) is 3. The number of H-pyrrole nitrogens is 1. The van der Waals surface area contributed by atoms with Crippen LogP contribution in [0.1, 0.15) is 56.0 Å². The molecule has 0 aliphatic carbocycles. The van der Waals surface area contributed by atoms with Gasteiger partial charge < -0.3 is 0 Å². The third-order valence-corrected chi connectivity index (χ3v) is 6.39. The SMILES string of the molecule is Cc1cc[n+](C2=C(c3c(C(C)C)[nH]n(-c4ccc(Cl)cc4)c3=O)C(=O)N(C(C)C)C2=O)cc1C. The number of aromatic nitrogens is 3. The van der Waals surface area contributed by atoms with Gasteiger partial charge in [-0.25, -0.2) is 4.68 Å². The van der Waals surface area contributed by atoms with E-state index < -0.39 is 17.4 Å². The standard InChI is InChI=1S/C26H27ClN4O3/c1-14(2)22-20(25(33)31(28-22)19-9-7-18(27)8-10-19)21-23(26(34)30(15(3)4)24(21)32)29-12-11-16(5)17(6)13-29/h7-15H,1-6H3/p+1. The normalized spacial score (nSPS) is 14.3. The van der Waals surface area contributed by atoms with Crippen molar-refractivity contribution in [2.75, 3.05) is 0 Å². The highest BCUT2D eigenvalue weighted by atomic mass is 35.5. The van der Waals surface area contributed by atoms with E-state index in [0.717, 1.165) is 11.1 Å². The van der Waals surface area contributed by atoms with Crippen molar-refractivity contribution in [3.05, 3.63) is 80.5 Å². The smallest absolute Gasteiger partial charge is 0.294 e. The van der Waals surface area contributed by atoms with Crippen LogP contribution in [0.15, 0.2) is 47.5 Å². The number of aryl methyl sites for hydroxylation is 2. The molecule has 0 atom stereocenters. The van der Waals surface area contributed by atoms with Crippen molar-refractivity contribution < 1.29 is 14.2 Å². The number of pyridine rings is 1. The minimum Gasteiger partial charge on any atom is -0.294 e. The lowest BCUT2D eigenvalue weighted by Crippen LogP contribution is -2.42. The molecule has 0 spiro atoms. The third kappa shape index (κ3) is 3.80. The van der Waals surface area contributed by atoms with Crippen molar-refractivity contribution in [1.82, 2.24) is 14.7 Å². The lowest BCUT2D eigenvalue weighted by molar-refractivity contribution is -0.577. The molecule has 2 aromatic heterocycles. The van der Waals surface area contributed by atoms with Gasteiger partial charge in [0.15, 0.2) is 12.4 Å². The number of aromatic amines is 1. The van der Waals surface area contributed by atoms with Gasteiger partial charge in [-0.2, -0.15) is 4.57 Å². The number of benzene rings is 1. The zero-order valence-electron chi connectivity index (χ0n) is 20.1. The van der Waals surface area contributed by atoms with Crippen molar-refractivity contribution >= 4 is 34.7 Å². The van der Waals surface area contributed by atoms with Gasteiger partial charge >= 0.3 is 5.91 Å². The molecule has 0 fully saturated rings. The summed E-state index contributed by atoms with van der Waals surface area (Å²) in [5.41, 5.74) is 3.32. The van der Waals surface area contributed by atoms with Crippen molar-refractivity contribution in [2.45, 2.75) is 53.5 Å². The van der Waals surface area contributed by atoms with E-state index in [2.05, 4.69) is 5.10 Å². The first kappa shape index (κ1) is 23.7. The summed E-state index contributed by atoms with van der Waals surface area (Å²) in [6.45, 7) is 11.4. The van der Waals surface area contributed by atoms with Gasteiger partial charge in [0.25, 0.3) is 17.2 Å². The second kappa shape index (κ2) is 8.72. The third-order valence-electron chi connectivity index (χ3n) is 6.14. The van der Waals surface area contributed by atoms with Crippen LogP contribution < -0.4 is 10.1 Å². The Balaban J connectivity index is 2.06. The highest BCUT2D eigenvalue weighted by molar-refractivity contribution is 6.44. The summed E-state index contributed by atoms with van der Waals surface area (Å²) in [6.07, 6.45) is 3.57. The molecule has 2 amide bonds. The minimum atomic E-state index is -0.470. The van der Waals surface area contributed by atoms with Gasteiger partial charge in [-0.05, 0) is 63.4 Å². The molecule has 0 saturated carbocycles. The van der Waals surface area contributed by atoms with Crippen molar-refractivity contribution in [3.63, 3.8) is 0 Å². The molecule has 7 nitrogen and oxygen atoms in total. The van der Waals surface area contributed by atoms with E-state index in [1.165, 1.54) is 9.58 Å². The van der Waals surface area contributed by atoms with E-state index in [9.17, 15) is 14.4 Å². The predicted octanol–water partition coefficient (Wildman–Crippen LogP) is 3.99. The fourth-order valence-electron chi connectivity index (χ4n) is 4.17. The second-order valence-electron chi connectivity index (χ2n) is 9.19. The number of hydrogen-bond donors (Lipinski definition) is 1. The average molecular weight is 480 g/mol. The summed E-state index contributed by atoms with van der Waals surface area (Å²) >= 11 is 6.03. The first-order valence-corrected chi connectivity index (χ1v) is 11.6. The summed E-state index contributed by atoms with van der Waals surface area (Å²) < 4.78 is 3.05. The van der Waals surface area contributed by atoms with E-state index in [-0.39, 0.29) is 28.8 Å². The number of nitrogens with one attached hydrogen (secondary N) is 1. The van der Waals surface area contributed by atoms with Gasteiger partial charge in [0.1, 0.15) is 5.57 Å². The first-order chi connectivity index (χ1) is 16.0. The van der Waals surface area contributed by atoms with Gasteiger partial charge in [-0.1, -0.05) is 25.4 Å². The molecule has 3 heterocycles. The number of imide groups is 1. The molecule has 0 bridgehead atoms. The Morgan fingerprint density at radius 2 is 1.56 bits per heavy atom. The molecule has 0 radical (unpaired) electrons. The molecule has 3 aromatic rings. The molecule has 1 aliphatic heterocycles. The number of nitrogens with zero attached hydrogens (tertiary/aromatic N) is 3. The van der Waals surface area contributed by atoms with Crippen LogP contribution in [-0.2, 0) is 9.59 Å². The molecule has 34 heavy (non-hydrogen) atoms. The summed E-state index contributed by atoms with van der Waals surface area (Å²) in [6, 6.07) is 8.37. The van der Waals surface area contributed by atoms with Crippen molar-refractivity contribution in [1.29, 1.82) is 0 Å². The van der Waals surface area contributed by atoms with Crippen molar-refractivity contribution in [2.24, 2.45) is 0 Å². The van der Waals surface area contributed by atoms with E-state index in [1.54, 1.807) is 48.9 Å². The summed E-state index contributed by atoms with van der Waals surface area (Å²) in [4.78, 5) is 42.2. The number of amides is 2. The van der Waals surface area contributed by atoms with Gasteiger partial charge in [-0.15, -0.1) is 0 Å². The van der Waals surface area contributed by atoms with Gasteiger partial charge in [0, 0.05) is 28.4 Å². The topological polar surface area (TPSA) is 79.1 Å². The quantitative estimate of drug-likeness (QED) is 0.444. The Bertz CT molecular complexity index is 1390. The predicted molar refractivity (Wildman–Crippen MR) is 132 cm³/mol. The molecule has 1 aliphatic rings. The molecule has 1 N–H and O–H groups in total. The maximum Gasteiger partial charge on any atom is 0.327 e. The fraction of sp³-hybridized carbons (Fsp3) is 0.308. The van der Waals surface area contributed by atoms with E-state index >= 15 is 0 Å². The summed E-state index contributed by atoms with van der Waals surface area (Å²) in [7, 11) is 0. The highest BCUT2D eigenvalue weighted by Gasteiger charge is 2.48. The maximum atomic E-state index is 13.8. The van der Waals surface area contributed by atoms with Crippen LogP contribution in [-0.4, -0.2) is 32.5 Å². The Morgan fingerprint density at radius 1 is 0.912 bits per heavy atom. The highest BCUT2D eigenvalue weighted by Crippen LogP contribution is 2.33. The maximum absolute atomic E-state index is 13.8. The Kier molecular flexibility index (Phi) is 6.08. The lowest BCUT2D eigenvalue weighted by Gasteiger charge is -2.18. The minimum absolute atomic E-state index is 0.106. The Labute approximate surface area is 203 Å². The summed E-state index contributed by atoms with van der Waals surface area (Å²) in [5, 5.41) is 3.72. The van der Waals surface area contributed by atoms with E-state index in [4.69, 9.17) is 11.6 Å². The van der Waals surface area contributed by atoms with Gasteiger partial charge in [-0.3, -0.25) is 24.4 Å². The number of carbonyl (C=O) groups is 2. The van der Waals surface area contributed by atoms with Gasteiger partial charge in [0.05, 0.1) is 11.3 Å². The largest absolute Gasteiger partial charge is 0.327 e. The van der Waals surface area contributed by atoms with E-state index in [1.807, 2.05) is 40.0 Å². The van der Waals surface area contributed by atoms with Crippen molar-refractivity contribution in [3.8, 4) is 5.69 Å². The van der Waals surface area contributed by atoms with E-state index in [0.29, 0.717) is 16.4 Å². The molecule has 0 unspecified atom stereocenters. The first-order valence-electron chi connectivity index (χ1n) is 11.2. The monoisotopic (exact) mass is 479 g/mol. The van der Waals surface area contributed by atoms with Crippen LogP contribution in [0.5, 0.6) is 0 Å². The van der Waals surface area contributed by atoms with Crippen LogP contribution >= 0.6 is 11.6 Å². The molecule has 1 aromatic carbocycles.